The van der Waals surface area contributed by atoms with E-state index in [9.17, 15) is 9.18 Å². The van der Waals surface area contributed by atoms with Gasteiger partial charge in [0.05, 0.1) is 13.0 Å². The van der Waals surface area contributed by atoms with Crippen LogP contribution in [0, 0.1) is 5.82 Å². The Hall–Kier alpha value is -1.62. The van der Waals surface area contributed by atoms with Crippen molar-refractivity contribution in [1.29, 1.82) is 0 Å². The predicted octanol–water partition coefficient (Wildman–Crippen LogP) is 1.45. The molecule has 100 valence electrons. The minimum atomic E-state index is -0.401. The first-order valence-corrected chi connectivity index (χ1v) is 6.00. The van der Waals surface area contributed by atoms with E-state index in [1.54, 1.807) is 19.2 Å². The molecular weight excluding hydrogens is 235 g/mol. The number of rotatable bonds is 7. The summed E-state index contributed by atoms with van der Waals surface area (Å²) in [6, 6.07) is 4.84. The van der Waals surface area contributed by atoms with Crippen molar-refractivity contribution >= 4 is 5.91 Å². The largest absolute Gasteiger partial charge is 0.490 e. The fourth-order valence-corrected chi connectivity index (χ4v) is 1.42. The van der Waals surface area contributed by atoms with E-state index in [-0.39, 0.29) is 24.7 Å². The molecule has 0 aliphatic carbocycles. The van der Waals surface area contributed by atoms with Crippen LogP contribution >= 0.6 is 0 Å². The highest BCUT2D eigenvalue weighted by Crippen LogP contribution is 2.18. The molecule has 2 N–H and O–H groups in total. The lowest BCUT2D eigenvalue weighted by molar-refractivity contribution is -0.121. The first kappa shape index (κ1) is 14.4. The zero-order chi connectivity index (χ0) is 13.4. The molecule has 1 rings (SSSR count). The summed E-state index contributed by atoms with van der Waals surface area (Å²) in [6.07, 6.45) is 0.217. The first-order chi connectivity index (χ1) is 8.67. The predicted molar refractivity (Wildman–Crippen MR) is 68.0 cm³/mol. The summed E-state index contributed by atoms with van der Waals surface area (Å²) in [5, 5.41) is 5.59. The van der Waals surface area contributed by atoms with Gasteiger partial charge in [0.1, 0.15) is 0 Å². The lowest BCUT2D eigenvalue weighted by Crippen LogP contribution is -2.20. The van der Waals surface area contributed by atoms with Crippen molar-refractivity contribution in [3.8, 4) is 5.75 Å². The Kier molecular flexibility index (Phi) is 6.14. The monoisotopic (exact) mass is 254 g/mol. The number of amides is 1. The maximum atomic E-state index is 13.6. The van der Waals surface area contributed by atoms with Crippen molar-refractivity contribution < 1.29 is 13.9 Å². The summed E-state index contributed by atoms with van der Waals surface area (Å²) >= 11 is 0. The maximum absolute atomic E-state index is 13.6. The number of benzene rings is 1. The SMILES string of the molecule is CCNCc1ccc(OCCC(=O)NC)c(F)c1. The number of ether oxygens (including phenoxy) is 1. The third-order valence-electron chi connectivity index (χ3n) is 2.44. The normalized spacial score (nSPS) is 10.2. The maximum Gasteiger partial charge on any atom is 0.223 e. The fraction of sp³-hybridized carbons (Fsp3) is 0.462. The van der Waals surface area contributed by atoms with E-state index in [1.165, 1.54) is 6.07 Å². The second-order valence-corrected chi connectivity index (χ2v) is 3.82. The Labute approximate surface area is 107 Å². The zero-order valence-corrected chi connectivity index (χ0v) is 10.8. The average Bonchev–Trinajstić information content (AvgIpc) is 2.38. The van der Waals surface area contributed by atoms with Crippen LogP contribution in [-0.2, 0) is 11.3 Å². The van der Waals surface area contributed by atoms with Gasteiger partial charge in [-0.1, -0.05) is 13.0 Å². The van der Waals surface area contributed by atoms with Gasteiger partial charge in [-0.2, -0.15) is 0 Å². The quantitative estimate of drug-likeness (QED) is 0.774. The lowest BCUT2D eigenvalue weighted by atomic mass is 10.2. The number of halogens is 1. The van der Waals surface area contributed by atoms with E-state index >= 15 is 0 Å². The molecule has 0 aromatic heterocycles. The molecule has 1 aromatic carbocycles. The van der Waals surface area contributed by atoms with Crippen LogP contribution in [0.1, 0.15) is 18.9 Å². The Morgan fingerprint density at radius 1 is 1.44 bits per heavy atom. The van der Waals surface area contributed by atoms with E-state index < -0.39 is 5.82 Å². The molecule has 0 spiro atoms. The molecule has 18 heavy (non-hydrogen) atoms. The van der Waals surface area contributed by atoms with Crippen LogP contribution in [0.15, 0.2) is 18.2 Å². The van der Waals surface area contributed by atoms with Crippen LogP contribution in [0.5, 0.6) is 5.75 Å². The van der Waals surface area contributed by atoms with Crippen LogP contribution in [0.4, 0.5) is 4.39 Å². The molecule has 0 bridgehead atoms. The van der Waals surface area contributed by atoms with Gasteiger partial charge in [0.25, 0.3) is 0 Å². The lowest BCUT2D eigenvalue weighted by Gasteiger charge is -2.08. The van der Waals surface area contributed by atoms with Crippen molar-refractivity contribution in [3.05, 3.63) is 29.6 Å². The molecule has 1 aromatic rings. The number of nitrogens with one attached hydrogen (secondary N) is 2. The van der Waals surface area contributed by atoms with Gasteiger partial charge in [0.15, 0.2) is 11.6 Å². The highest BCUT2D eigenvalue weighted by molar-refractivity contribution is 5.75. The summed E-state index contributed by atoms with van der Waals surface area (Å²) in [5.41, 5.74) is 0.869. The molecule has 0 aliphatic rings. The number of carbonyl (C=O) groups excluding carboxylic acids is 1. The van der Waals surface area contributed by atoms with Gasteiger partial charge < -0.3 is 15.4 Å². The van der Waals surface area contributed by atoms with E-state index in [1.807, 2.05) is 6.92 Å². The van der Waals surface area contributed by atoms with Crippen LogP contribution in [0.3, 0.4) is 0 Å². The van der Waals surface area contributed by atoms with Gasteiger partial charge in [-0.25, -0.2) is 4.39 Å². The molecule has 0 atom stereocenters. The van der Waals surface area contributed by atoms with Gasteiger partial charge in [0, 0.05) is 13.6 Å². The minimum absolute atomic E-state index is 0.126. The van der Waals surface area contributed by atoms with Crippen LogP contribution in [0.25, 0.3) is 0 Å². The summed E-state index contributed by atoms with van der Waals surface area (Å²) in [7, 11) is 1.55. The molecule has 0 saturated carbocycles. The standard InChI is InChI=1S/C13H19FN2O2/c1-3-16-9-10-4-5-12(11(14)8-10)18-7-6-13(17)15-2/h4-5,8,16H,3,6-7,9H2,1-2H3,(H,15,17). The van der Waals surface area contributed by atoms with Gasteiger partial charge in [0.2, 0.25) is 5.91 Å². The third-order valence-corrected chi connectivity index (χ3v) is 2.44. The highest BCUT2D eigenvalue weighted by Gasteiger charge is 2.05. The Balaban J connectivity index is 2.49. The topological polar surface area (TPSA) is 50.4 Å². The Morgan fingerprint density at radius 2 is 2.22 bits per heavy atom. The minimum Gasteiger partial charge on any atom is -0.490 e. The fourth-order valence-electron chi connectivity index (χ4n) is 1.42. The highest BCUT2D eigenvalue weighted by atomic mass is 19.1. The molecule has 0 saturated heterocycles. The Bertz CT molecular complexity index is 397. The number of carbonyl (C=O) groups is 1. The van der Waals surface area contributed by atoms with Crippen molar-refractivity contribution in [1.82, 2.24) is 10.6 Å². The summed E-state index contributed by atoms with van der Waals surface area (Å²) in [6.45, 7) is 3.63. The second-order valence-electron chi connectivity index (χ2n) is 3.82. The van der Waals surface area contributed by atoms with Crippen molar-refractivity contribution in [2.75, 3.05) is 20.2 Å². The number of hydrogen-bond donors (Lipinski definition) is 2. The molecule has 5 heteroatoms. The van der Waals surface area contributed by atoms with E-state index in [0.29, 0.717) is 6.54 Å². The summed E-state index contributed by atoms with van der Waals surface area (Å²) in [5.74, 6) is -0.347. The van der Waals surface area contributed by atoms with Crippen molar-refractivity contribution in [3.63, 3.8) is 0 Å². The van der Waals surface area contributed by atoms with Crippen molar-refractivity contribution in [2.24, 2.45) is 0 Å². The molecule has 0 aliphatic heterocycles. The average molecular weight is 254 g/mol. The molecule has 0 heterocycles. The van der Waals surface area contributed by atoms with Crippen LogP contribution in [0.2, 0.25) is 0 Å². The van der Waals surface area contributed by atoms with E-state index in [2.05, 4.69) is 10.6 Å². The van der Waals surface area contributed by atoms with Gasteiger partial charge in [-0.3, -0.25) is 4.79 Å². The third kappa shape index (κ3) is 4.71. The zero-order valence-electron chi connectivity index (χ0n) is 10.8. The first-order valence-electron chi connectivity index (χ1n) is 6.00. The van der Waals surface area contributed by atoms with E-state index in [0.717, 1.165) is 12.1 Å². The number of hydrogen-bond acceptors (Lipinski definition) is 3. The van der Waals surface area contributed by atoms with Crippen LogP contribution in [-0.4, -0.2) is 26.1 Å². The van der Waals surface area contributed by atoms with E-state index in [4.69, 9.17) is 4.74 Å². The smallest absolute Gasteiger partial charge is 0.223 e. The molecular formula is C13H19FN2O2. The van der Waals surface area contributed by atoms with Gasteiger partial charge in [-0.15, -0.1) is 0 Å². The molecule has 0 unspecified atom stereocenters. The summed E-state index contributed by atoms with van der Waals surface area (Å²) < 4.78 is 18.8. The molecule has 0 radical (unpaired) electrons. The van der Waals surface area contributed by atoms with Gasteiger partial charge >= 0.3 is 0 Å². The molecule has 0 fully saturated rings. The molecule has 1 amide bonds. The Morgan fingerprint density at radius 3 is 2.83 bits per heavy atom. The van der Waals surface area contributed by atoms with Crippen LogP contribution < -0.4 is 15.4 Å². The van der Waals surface area contributed by atoms with Crippen molar-refractivity contribution in [2.45, 2.75) is 19.9 Å². The second kappa shape index (κ2) is 7.66. The summed E-state index contributed by atoms with van der Waals surface area (Å²) in [4.78, 5) is 11.0. The van der Waals surface area contributed by atoms with Gasteiger partial charge in [-0.05, 0) is 24.2 Å². The molecule has 4 nitrogen and oxygen atoms in total.